The van der Waals surface area contributed by atoms with Crippen LogP contribution in [0.5, 0.6) is 0 Å². The van der Waals surface area contributed by atoms with E-state index in [0.29, 0.717) is 30.6 Å². The molecule has 5 N–H and O–H groups in total. The van der Waals surface area contributed by atoms with E-state index in [-0.39, 0.29) is 68.0 Å². The van der Waals surface area contributed by atoms with Gasteiger partial charge in [-0.15, -0.1) is 18.9 Å². The summed E-state index contributed by atoms with van der Waals surface area (Å²) >= 11 is 0. The molecule has 4 saturated carbocycles. The van der Waals surface area contributed by atoms with Crippen LogP contribution in [0.3, 0.4) is 0 Å². The van der Waals surface area contributed by atoms with Crippen LogP contribution < -0.4 is 21.3 Å². The summed E-state index contributed by atoms with van der Waals surface area (Å²) in [5.41, 5.74) is -1.14. The number of fused-ring (bicyclic) bond motifs is 4. The average molecular weight is 794 g/mol. The Morgan fingerprint density at radius 3 is 2.41 bits per heavy atom. The molecular formula is C43H63N5O7S. The van der Waals surface area contributed by atoms with Crippen molar-refractivity contribution in [3.8, 4) is 12.3 Å². The van der Waals surface area contributed by atoms with Gasteiger partial charge in [-0.05, 0) is 79.2 Å². The summed E-state index contributed by atoms with van der Waals surface area (Å²) < 4.78 is 28.5. The monoisotopic (exact) mass is 793 g/mol. The number of rotatable bonds is 17. The number of nitrogens with zero attached hydrogens (tertiary/aromatic N) is 1. The molecule has 0 radical (unpaired) electrons. The highest BCUT2D eigenvalue weighted by Crippen LogP contribution is 2.67. The van der Waals surface area contributed by atoms with Crippen LogP contribution in [0.15, 0.2) is 41.8 Å². The standard InChI is InChI=1S/C43H63N5O7S/c1-8-10-19-32(36(50)38(51)44-23-9-2)45-39(52)43-22-21-29(24-31(25-43)42(43,6)7)35(49)37(41(3,4)5)47-40(53)46-33(28-16-12-11-13-17-28)27-48-26-30-18-14-15-20-34(30)56(48,54)55/h1,9,14-15,18,20,28-29,31-33,37,40,46-47,53H,2,10-13,16-17,19,21-27H2,3-7H3,(H,44,51)(H,45,52)/t29?,31-,32?,33+,37+,40?,43+/m0/s1. The van der Waals surface area contributed by atoms with E-state index in [1.807, 2.05) is 46.8 Å². The number of amides is 2. The summed E-state index contributed by atoms with van der Waals surface area (Å²) in [6, 6.07) is 4.89. The molecule has 0 saturated heterocycles. The quantitative estimate of drug-likeness (QED) is 0.0672. The van der Waals surface area contributed by atoms with Crippen molar-refractivity contribution in [1.82, 2.24) is 25.6 Å². The number of aliphatic hydroxyl groups is 1. The molecule has 308 valence electrons. The number of carbonyl (C=O) groups is 4. The SMILES string of the molecule is C#CCCC(NC(=O)[C@@]12CCC(C(=O)[C@@H](NC(O)N[C@H](CN3Cc4ccccc4S3(=O)=O)C3CCCCC3)C(C)(C)C)C[C@@H](C1)C2(C)C)C(=O)C(=O)NCC=C. The Morgan fingerprint density at radius 2 is 1.79 bits per heavy atom. The van der Waals surface area contributed by atoms with Crippen molar-refractivity contribution in [1.29, 1.82) is 0 Å². The third-order valence-electron chi connectivity index (χ3n) is 13.4. The van der Waals surface area contributed by atoms with Gasteiger partial charge in [0.05, 0.1) is 22.4 Å². The number of sulfonamides is 1. The topological polar surface area (TPSA) is 174 Å². The number of terminal acetylenes is 1. The predicted octanol–water partition coefficient (Wildman–Crippen LogP) is 4.18. The molecule has 1 aromatic carbocycles. The number of benzene rings is 1. The summed E-state index contributed by atoms with van der Waals surface area (Å²) in [7, 11) is -3.68. The zero-order valence-electron chi connectivity index (χ0n) is 33.9. The van der Waals surface area contributed by atoms with E-state index in [1.165, 1.54) is 10.4 Å². The molecule has 2 amide bonds. The lowest BCUT2D eigenvalue weighted by Gasteiger charge is -2.60. The minimum absolute atomic E-state index is 0.0370. The lowest BCUT2D eigenvalue weighted by molar-refractivity contribution is -0.168. The van der Waals surface area contributed by atoms with Gasteiger partial charge in [0.2, 0.25) is 21.7 Å². The third-order valence-corrected chi connectivity index (χ3v) is 15.3. The highest BCUT2D eigenvalue weighted by molar-refractivity contribution is 7.89. The highest BCUT2D eigenvalue weighted by Gasteiger charge is 2.66. The molecule has 0 spiro atoms. The van der Waals surface area contributed by atoms with Gasteiger partial charge in [0.15, 0.2) is 12.1 Å². The van der Waals surface area contributed by atoms with Crippen LogP contribution in [-0.2, 0) is 35.7 Å². The summed E-state index contributed by atoms with van der Waals surface area (Å²) in [5, 5.41) is 23.6. The van der Waals surface area contributed by atoms with Crippen molar-refractivity contribution in [2.75, 3.05) is 13.1 Å². The molecule has 1 aromatic rings. The number of Topliss-reactive ketones (excluding diaryl/α,β-unsaturated/α-hetero) is 2. The molecule has 5 aliphatic rings. The molecule has 4 fully saturated rings. The minimum Gasteiger partial charge on any atom is -0.365 e. The maximum atomic E-state index is 14.6. The summed E-state index contributed by atoms with van der Waals surface area (Å²) in [6.07, 6.45) is 13.0. The van der Waals surface area contributed by atoms with Gasteiger partial charge in [-0.1, -0.05) is 78.2 Å². The van der Waals surface area contributed by atoms with Gasteiger partial charge in [0.25, 0.3) is 5.91 Å². The first kappa shape index (κ1) is 43.7. The number of ketones is 2. The first-order valence-electron chi connectivity index (χ1n) is 20.4. The minimum atomic E-state index is -3.68. The van der Waals surface area contributed by atoms with Gasteiger partial charge in [-0.25, -0.2) is 8.42 Å². The zero-order chi connectivity index (χ0) is 41.1. The van der Waals surface area contributed by atoms with E-state index < -0.39 is 56.4 Å². The van der Waals surface area contributed by atoms with Crippen LogP contribution in [-0.4, -0.2) is 78.8 Å². The van der Waals surface area contributed by atoms with Crippen LogP contribution in [0.4, 0.5) is 0 Å². The number of hydrogen-bond donors (Lipinski definition) is 5. The fraction of sp³-hybridized carbons (Fsp3) is 0.674. The van der Waals surface area contributed by atoms with Crippen molar-refractivity contribution in [2.24, 2.45) is 34.0 Å². The third kappa shape index (κ3) is 9.00. The fourth-order valence-corrected chi connectivity index (χ4v) is 11.5. The normalized spacial score (nSPS) is 26.5. The predicted molar refractivity (Wildman–Crippen MR) is 215 cm³/mol. The van der Waals surface area contributed by atoms with Crippen molar-refractivity contribution < 1.29 is 32.7 Å². The van der Waals surface area contributed by atoms with Crippen LogP contribution in [0, 0.1) is 46.3 Å². The molecule has 1 heterocycles. The maximum Gasteiger partial charge on any atom is 0.289 e. The molecule has 7 atom stereocenters. The Labute approximate surface area is 333 Å². The van der Waals surface area contributed by atoms with Gasteiger partial charge >= 0.3 is 0 Å². The second-order valence-electron chi connectivity index (χ2n) is 18.2. The smallest absolute Gasteiger partial charge is 0.289 e. The van der Waals surface area contributed by atoms with Gasteiger partial charge in [-0.3, -0.25) is 29.8 Å². The molecule has 4 aliphatic carbocycles. The number of carbonyl (C=O) groups excluding carboxylic acids is 4. The van der Waals surface area contributed by atoms with Gasteiger partial charge in [0, 0.05) is 38.0 Å². The lowest BCUT2D eigenvalue weighted by Crippen LogP contribution is -2.63. The van der Waals surface area contributed by atoms with Gasteiger partial charge < -0.3 is 15.7 Å². The Hall–Kier alpha value is -3.41. The van der Waals surface area contributed by atoms with Gasteiger partial charge in [0.1, 0.15) is 0 Å². The number of hydrogen-bond acceptors (Lipinski definition) is 9. The number of nitrogens with one attached hydrogen (secondary N) is 4. The molecule has 6 rings (SSSR count). The maximum absolute atomic E-state index is 14.6. The molecule has 0 aromatic heterocycles. The number of aliphatic hydroxyl groups excluding tert-OH is 1. The second-order valence-corrected chi connectivity index (χ2v) is 20.1. The van der Waals surface area contributed by atoms with Crippen molar-refractivity contribution in [2.45, 2.75) is 141 Å². The fourth-order valence-electron chi connectivity index (χ4n) is 9.80. The Morgan fingerprint density at radius 1 is 1.09 bits per heavy atom. The van der Waals surface area contributed by atoms with Crippen LogP contribution in [0.25, 0.3) is 0 Å². The van der Waals surface area contributed by atoms with E-state index >= 15 is 0 Å². The van der Waals surface area contributed by atoms with E-state index in [9.17, 15) is 32.7 Å². The van der Waals surface area contributed by atoms with E-state index in [0.717, 1.165) is 37.7 Å². The molecule has 3 unspecified atom stereocenters. The summed E-state index contributed by atoms with van der Waals surface area (Å²) in [5.74, 6) is 0.420. The summed E-state index contributed by atoms with van der Waals surface area (Å²) in [4.78, 5) is 54.8. The van der Waals surface area contributed by atoms with E-state index in [1.54, 1.807) is 12.1 Å². The molecule has 1 aliphatic heterocycles. The first-order valence-corrected chi connectivity index (χ1v) is 21.8. The molecule has 56 heavy (non-hydrogen) atoms. The molecule has 13 heteroatoms. The Balaban J connectivity index is 1.29. The highest BCUT2D eigenvalue weighted by atomic mass is 32.2. The Kier molecular flexibility index (Phi) is 13.7. The Bertz CT molecular complexity index is 1790. The van der Waals surface area contributed by atoms with Crippen LogP contribution in [0.2, 0.25) is 0 Å². The van der Waals surface area contributed by atoms with E-state index in [2.05, 4.69) is 33.8 Å². The molecule has 12 nitrogen and oxygen atoms in total. The second kappa shape index (κ2) is 17.6. The van der Waals surface area contributed by atoms with E-state index in [4.69, 9.17) is 6.42 Å². The average Bonchev–Trinajstić information content (AvgIpc) is 3.28. The van der Waals surface area contributed by atoms with Crippen molar-refractivity contribution in [3.05, 3.63) is 42.5 Å². The van der Waals surface area contributed by atoms with Crippen LogP contribution >= 0.6 is 0 Å². The summed E-state index contributed by atoms with van der Waals surface area (Å²) in [6.45, 7) is 14.1. The molecular weight excluding hydrogens is 731 g/mol. The lowest BCUT2D eigenvalue weighted by atomic mass is 9.44. The largest absolute Gasteiger partial charge is 0.365 e. The molecule has 2 bridgehead atoms. The first-order chi connectivity index (χ1) is 26.4. The van der Waals surface area contributed by atoms with Crippen molar-refractivity contribution >= 4 is 33.4 Å². The van der Waals surface area contributed by atoms with Crippen molar-refractivity contribution in [3.63, 3.8) is 0 Å². The zero-order valence-corrected chi connectivity index (χ0v) is 34.7. The van der Waals surface area contributed by atoms with Gasteiger partial charge in [-0.2, -0.15) is 4.31 Å². The van der Waals surface area contributed by atoms with Crippen LogP contribution in [0.1, 0.15) is 111 Å².